The second-order valence-corrected chi connectivity index (χ2v) is 4.98. The minimum absolute atomic E-state index is 0.595. The molecule has 0 amide bonds. The molecule has 18 heavy (non-hydrogen) atoms. The molecule has 3 heteroatoms. The fourth-order valence-electron chi connectivity index (χ4n) is 2.01. The number of ether oxygens (including phenoxy) is 1. The molecule has 0 saturated heterocycles. The Morgan fingerprint density at radius 3 is 2.72 bits per heavy atom. The molecule has 2 nitrogen and oxygen atoms in total. The molecule has 2 rings (SSSR count). The van der Waals surface area contributed by atoms with Crippen LogP contribution in [0.25, 0.3) is 0 Å². The van der Waals surface area contributed by atoms with Crippen molar-refractivity contribution in [3.05, 3.63) is 51.7 Å². The first-order valence-corrected chi connectivity index (χ1v) is 7.11. The van der Waals surface area contributed by atoms with Crippen molar-refractivity contribution in [2.45, 2.75) is 26.4 Å². The van der Waals surface area contributed by atoms with Crippen LogP contribution in [0, 0.1) is 0 Å². The van der Waals surface area contributed by atoms with Gasteiger partial charge in [-0.1, -0.05) is 25.1 Å². The zero-order valence-electron chi connectivity index (χ0n) is 10.7. The lowest BCUT2D eigenvalue weighted by Crippen LogP contribution is -2.04. The average Bonchev–Trinajstić information content (AvgIpc) is 2.87. The van der Waals surface area contributed by atoms with Crippen LogP contribution in [0.3, 0.4) is 0 Å². The van der Waals surface area contributed by atoms with Gasteiger partial charge in [0.05, 0.1) is 6.61 Å². The topological polar surface area (TPSA) is 29.5 Å². The van der Waals surface area contributed by atoms with Crippen LogP contribution in [-0.2, 0) is 6.42 Å². The first-order chi connectivity index (χ1) is 8.77. The minimum atomic E-state index is -0.595. The third-order valence-corrected chi connectivity index (χ3v) is 3.93. The highest BCUT2D eigenvalue weighted by atomic mass is 32.1. The van der Waals surface area contributed by atoms with Crippen molar-refractivity contribution in [2.75, 3.05) is 6.61 Å². The number of benzene rings is 1. The number of hydrogen-bond acceptors (Lipinski definition) is 3. The molecule has 96 valence electrons. The first-order valence-electron chi connectivity index (χ1n) is 6.24. The summed E-state index contributed by atoms with van der Waals surface area (Å²) in [4.78, 5) is 1.02. The number of aryl methyl sites for hydroxylation is 1. The molecule has 0 fully saturated rings. The van der Waals surface area contributed by atoms with E-state index in [-0.39, 0.29) is 0 Å². The van der Waals surface area contributed by atoms with Gasteiger partial charge in [0, 0.05) is 10.4 Å². The maximum Gasteiger partial charge on any atom is 0.125 e. The Bertz CT molecular complexity index is 505. The van der Waals surface area contributed by atoms with Crippen LogP contribution < -0.4 is 4.74 Å². The van der Waals surface area contributed by atoms with Gasteiger partial charge in [-0.3, -0.25) is 0 Å². The number of para-hydroxylation sites is 1. The van der Waals surface area contributed by atoms with E-state index in [4.69, 9.17) is 4.74 Å². The van der Waals surface area contributed by atoms with Crippen LogP contribution in [0.2, 0.25) is 0 Å². The van der Waals surface area contributed by atoms with Crippen LogP contribution in [0.5, 0.6) is 5.75 Å². The molecule has 0 saturated carbocycles. The van der Waals surface area contributed by atoms with Crippen LogP contribution in [0.15, 0.2) is 35.7 Å². The van der Waals surface area contributed by atoms with E-state index in [0.717, 1.165) is 22.6 Å². The first kappa shape index (κ1) is 13.1. The summed E-state index contributed by atoms with van der Waals surface area (Å²) in [6.45, 7) is 4.66. The Hall–Kier alpha value is -1.32. The fourth-order valence-corrected chi connectivity index (χ4v) is 3.01. The van der Waals surface area contributed by atoms with E-state index < -0.39 is 6.10 Å². The molecule has 0 aliphatic heterocycles. The van der Waals surface area contributed by atoms with Gasteiger partial charge in [-0.25, -0.2) is 0 Å². The molecule has 0 bridgehead atoms. The Kier molecular flexibility index (Phi) is 4.39. The van der Waals surface area contributed by atoms with Crippen LogP contribution in [0.4, 0.5) is 0 Å². The molecule has 1 heterocycles. The molecule has 1 aromatic carbocycles. The van der Waals surface area contributed by atoms with E-state index in [1.807, 2.05) is 36.6 Å². The summed E-state index contributed by atoms with van der Waals surface area (Å²) in [5.41, 5.74) is 2.05. The number of thiophene rings is 1. The van der Waals surface area contributed by atoms with Crippen LogP contribution in [0.1, 0.15) is 36.0 Å². The Labute approximate surface area is 112 Å². The standard InChI is InChI=1S/C15H18O2S/c1-3-11-9-10-18-15(11)14(16)12-7-5-6-8-13(12)17-4-2/h5-10,14,16H,3-4H2,1-2H3. The van der Waals surface area contributed by atoms with Crippen molar-refractivity contribution in [3.63, 3.8) is 0 Å². The normalized spacial score (nSPS) is 12.4. The molecule has 0 aliphatic rings. The van der Waals surface area contributed by atoms with Crippen LogP contribution in [-0.4, -0.2) is 11.7 Å². The van der Waals surface area contributed by atoms with Gasteiger partial charge in [-0.2, -0.15) is 0 Å². The lowest BCUT2D eigenvalue weighted by molar-refractivity contribution is 0.214. The number of hydrogen-bond donors (Lipinski definition) is 1. The highest BCUT2D eigenvalue weighted by Crippen LogP contribution is 2.34. The van der Waals surface area contributed by atoms with Crippen molar-refractivity contribution in [1.29, 1.82) is 0 Å². The second kappa shape index (κ2) is 6.03. The van der Waals surface area contributed by atoms with E-state index in [0.29, 0.717) is 6.61 Å². The SMILES string of the molecule is CCOc1ccccc1C(O)c1sccc1CC. The Morgan fingerprint density at radius 2 is 2.00 bits per heavy atom. The van der Waals surface area contributed by atoms with Gasteiger partial charge in [0.1, 0.15) is 11.9 Å². The summed E-state index contributed by atoms with van der Waals surface area (Å²) in [5, 5.41) is 12.6. The molecule has 0 spiro atoms. The van der Waals surface area contributed by atoms with Crippen molar-refractivity contribution in [2.24, 2.45) is 0 Å². The molecule has 1 aromatic heterocycles. The Balaban J connectivity index is 2.36. The summed E-state index contributed by atoms with van der Waals surface area (Å²) in [7, 11) is 0. The highest BCUT2D eigenvalue weighted by molar-refractivity contribution is 7.10. The van der Waals surface area contributed by atoms with Crippen LogP contribution >= 0.6 is 11.3 Å². The molecule has 0 radical (unpaired) electrons. The lowest BCUT2D eigenvalue weighted by atomic mass is 10.0. The highest BCUT2D eigenvalue weighted by Gasteiger charge is 2.18. The second-order valence-electron chi connectivity index (χ2n) is 4.04. The van der Waals surface area contributed by atoms with Gasteiger partial charge in [0.25, 0.3) is 0 Å². The molecule has 0 aliphatic carbocycles. The molecule has 1 atom stereocenters. The Morgan fingerprint density at radius 1 is 1.22 bits per heavy atom. The third kappa shape index (κ3) is 2.57. The molecule has 2 aromatic rings. The van der Waals surface area contributed by atoms with E-state index in [1.54, 1.807) is 11.3 Å². The van der Waals surface area contributed by atoms with Gasteiger partial charge < -0.3 is 9.84 Å². The zero-order chi connectivity index (χ0) is 13.0. The number of aliphatic hydroxyl groups is 1. The van der Waals surface area contributed by atoms with Crippen molar-refractivity contribution in [3.8, 4) is 5.75 Å². The summed E-state index contributed by atoms with van der Waals surface area (Å²) in [6, 6.07) is 9.76. The van der Waals surface area contributed by atoms with E-state index in [2.05, 4.69) is 13.0 Å². The van der Waals surface area contributed by atoms with E-state index in [1.165, 1.54) is 5.56 Å². The van der Waals surface area contributed by atoms with Gasteiger partial charge >= 0.3 is 0 Å². The van der Waals surface area contributed by atoms with Gasteiger partial charge in [-0.15, -0.1) is 11.3 Å². The molecule has 1 unspecified atom stereocenters. The number of rotatable bonds is 5. The van der Waals surface area contributed by atoms with Crippen molar-refractivity contribution in [1.82, 2.24) is 0 Å². The lowest BCUT2D eigenvalue weighted by Gasteiger charge is -2.15. The van der Waals surface area contributed by atoms with Gasteiger partial charge in [0.15, 0.2) is 0 Å². The van der Waals surface area contributed by atoms with E-state index >= 15 is 0 Å². The largest absolute Gasteiger partial charge is 0.493 e. The zero-order valence-corrected chi connectivity index (χ0v) is 11.5. The maximum atomic E-state index is 10.5. The quantitative estimate of drug-likeness (QED) is 0.888. The number of aliphatic hydroxyl groups excluding tert-OH is 1. The summed E-state index contributed by atoms with van der Waals surface area (Å²) >= 11 is 1.60. The van der Waals surface area contributed by atoms with Gasteiger partial charge in [-0.05, 0) is 36.4 Å². The summed E-state index contributed by atoms with van der Waals surface area (Å²) in [6.07, 6.45) is 0.342. The molecular formula is C15H18O2S. The van der Waals surface area contributed by atoms with Crippen molar-refractivity contribution < 1.29 is 9.84 Å². The molecule has 1 N–H and O–H groups in total. The molecular weight excluding hydrogens is 244 g/mol. The summed E-state index contributed by atoms with van der Waals surface area (Å²) in [5.74, 6) is 0.767. The monoisotopic (exact) mass is 262 g/mol. The maximum absolute atomic E-state index is 10.5. The average molecular weight is 262 g/mol. The third-order valence-electron chi connectivity index (χ3n) is 2.92. The predicted octanol–water partition coefficient (Wildman–Crippen LogP) is 3.79. The van der Waals surface area contributed by atoms with E-state index in [9.17, 15) is 5.11 Å². The van der Waals surface area contributed by atoms with Gasteiger partial charge in [0.2, 0.25) is 0 Å². The fraction of sp³-hybridized carbons (Fsp3) is 0.333. The summed E-state index contributed by atoms with van der Waals surface area (Å²) < 4.78 is 5.57. The van der Waals surface area contributed by atoms with Crippen molar-refractivity contribution >= 4 is 11.3 Å². The minimum Gasteiger partial charge on any atom is -0.493 e. The smallest absolute Gasteiger partial charge is 0.125 e. The predicted molar refractivity (Wildman–Crippen MR) is 75.4 cm³/mol.